The highest BCUT2D eigenvalue weighted by molar-refractivity contribution is 8.00. The van der Waals surface area contributed by atoms with E-state index in [0.717, 1.165) is 23.6 Å². The maximum Gasteiger partial charge on any atom is 0.446 e. The Morgan fingerprint density at radius 2 is 1.96 bits per heavy atom. The van der Waals surface area contributed by atoms with Crippen LogP contribution in [-0.4, -0.2) is 21.5 Å². The van der Waals surface area contributed by atoms with Crippen LogP contribution in [0.5, 0.6) is 5.75 Å². The van der Waals surface area contributed by atoms with Crippen LogP contribution in [0.4, 0.5) is 18.9 Å². The van der Waals surface area contributed by atoms with Gasteiger partial charge in [0.15, 0.2) is 0 Å². The lowest BCUT2D eigenvalue weighted by Gasteiger charge is -2.14. The monoisotopic (exact) mass is 424 g/mol. The van der Waals surface area contributed by atoms with Gasteiger partial charge in [0.25, 0.3) is 5.91 Å². The number of fused-ring (bicyclic) bond motifs is 1. The van der Waals surface area contributed by atoms with E-state index < -0.39 is 11.4 Å². The number of nitrogens with zero attached hydrogens (tertiary/aromatic N) is 1. The number of amides is 1. The standard InChI is InChI=1S/C19H15F3N2O2S2/c1-2-11-16(23-13-6-4-3-5-12(13)17(11)27)18(26)24-14-9-10(7-8-15(14)25)28-19(20,21)22/h3-9,25H,2H2,1H3,(H,23,27)(H,24,26). The summed E-state index contributed by atoms with van der Waals surface area (Å²) in [6.07, 6.45) is 0.482. The van der Waals surface area contributed by atoms with Gasteiger partial charge in [0.2, 0.25) is 0 Å². The van der Waals surface area contributed by atoms with E-state index in [0.29, 0.717) is 22.4 Å². The molecule has 146 valence electrons. The number of para-hydroxylation sites is 1. The number of anilines is 1. The van der Waals surface area contributed by atoms with Gasteiger partial charge in [-0.1, -0.05) is 25.1 Å². The molecular weight excluding hydrogens is 409 g/mol. The Balaban J connectivity index is 1.99. The van der Waals surface area contributed by atoms with E-state index in [9.17, 15) is 23.1 Å². The SMILES string of the molecule is CCc1c(C(=O)Nc2cc(SC(F)(F)F)ccc2O)nc2ccccc2c1S. The number of benzene rings is 2. The molecule has 2 aromatic carbocycles. The Bertz CT molecular complexity index is 1060. The summed E-state index contributed by atoms with van der Waals surface area (Å²) in [6.45, 7) is 1.85. The quantitative estimate of drug-likeness (QED) is 0.288. The number of carbonyl (C=O) groups excluding carboxylic acids is 1. The number of thiol groups is 1. The van der Waals surface area contributed by atoms with Gasteiger partial charge in [-0.3, -0.25) is 4.79 Å². The number of pyridine rings is 1. The van der Waals surface area contributed by atoms with E-state index in [1.807, 2.05) is 19.1 Å². The third-order valence-electron chi connectivity index (χ3n) is 3.98. The van der Waals surface area contributed by atoms with Crippen molar-refractivity contribution in [2.45, 2.75) is 28.6 Å². The molecule has 0 aliphatic rings. The molecule has 1 heterocycles. The number of aromatic nitrogens is 1. The maximum absolute atomic E-state index is 12.8. The predicted molar refractivity (Wildman–Crippen MR) is 106 cm³/mol. The summed E-state index contributed by atoms with van der Waals surface area (Å²) < 4.78 is 37.8. The number of aromatic hydroxyl groups is 1. The molecule has 0 unspecified atom stereocenters. The molecule has 0 radical (unpaired) electrons. The molecule has 0 saturated carbocycles. The molecular formula is C19H15F3N2O2S2. The van der Waals surface area contributed by atoms with Gasteiger partial charge in [-0.05, 0) is 48.0 Å². The van der Waals surface area contributed by atoms with Crippen molar-refractivity contribution in [3.05, 3.63) is 53.7 Å². The summed E-state index contributed by atoms with van der Waals surface area (Å²) in [4.78, 5) is 17.6. The number of hydrogen-bond acceptors (Lipinski definition) is 5. The number of alkyl halides is 3. The van der Waals surface area contributed by atoms with Crippen LogP contribution in [0.2, 0.25) is 0 Å². The Morgan fingerprint density at radius 3 is 2.64 bits per heavy atom. The average Bonchev–Trinajstić information content (AvgIpc) is 2.63. The van der Waals surface area contributed by atoms with Gasteiger partial charge < -0.3 is 10.4 Å². The van der Waals surface area contributed by atoms with E-state index in [4.69, 9.17) is 0 Å². The third-order valence-corrected chi connectivity index (χ3v) is 5.21. The van der Waals surface area contributed by atoms with Gasteiger partial charge in [-0.15, -0.1) is 12.6 Å². The molecule has 3 aromatic rings. The van der Waals surface area contributed by atoms with Crippen LogP contribution in [0.25, 0.3) is 10.9 Å². The van der Waals surface area contributed by atoms with Crippen molar-refractivity contribution in [2.75, 3.05) is 5.32 Å². The van der Waals surface area contributed by atoms with E-state index >= 15 is 0 Å². The van der Waals surface area contributed by atoms with Gasteiger partial charge in [0.05, 0.1) is 11.2 Å². The molecule has 0 spiro atoms. The summed E-state index contributed by atoms with van der Waals surface area (Å²) in [7, 11) is 0. The van der Waals surface area contributed by atoms with Crippen LogP contribution in [0.15, 0.2) is 52.3 Å². The largest absolute Gasteiger partial charge is 0.506 e. The maximum atomic E-state index is 12.8. The van der Waals surface area contributed by atoms with Crippen LogP contribution in [0.3, 0.4) is 0 Å². The second-order valence-corrected chi connectivity index (χ2v) is 7.42. The Kier molecular flexibility index (Phi) is 5.76. The van der Waals surface area contributed by atoms with Gasteiger partial charge >= 0.3 is 5.51 Å². The minimum absolute atomic E-state index is 0.111. The zero-order valence-electron chi connectivity index (χ0n) is 14.5. The van der Waals surface area contributed by atoms with E-state index in [2.05, 4.69) is 22.9 Å². The number of thioether (sulfide) groups is 1. The predicted octanol–water partition coefficient (Wildman–Crippen LogP) is 5.66. The lowest BCUT2D eigenvalue weighted by atomic mass is 10.1. The molecule has 0 bridgehead atoms. The van der Waals surface area contributed by atoms with Crippen LogP contribution in [-0.2, 0) is 6.42 Å². The Hall–Kier alpha value is -2.39. The topological polar surface area (TPSA) is 62.2 Å². The molecule has 3 rings (SSSR count). The lowest BCUT2D eigenvalue weighted by molar-refractivity contribution is -0.0328. The fraction of sp³-hybridized carbons (Fsp3) is 0.158. The molecule has 28 heavy (non-hydrogen) atoms. The molecule has 1 aromatic heterocycles. The van der Waals surface area contributed by atoms with E-state index in [1.165, 1.54) is 0 Å². The molecule has 0 saturated heterocycles. The van der Waals surface area contributed by atoms with Crippen molar-refractivity contribution in [1.29, 1.82) is 0 Å². The summed E-state index contributed by atoms with van der Waals surface area (Å²) >= 11 is 4.19. The van der Waals surface area contributed by atoms with Crippen molar-refractivity contribution in [1.82, 2.24) is 4.98 Å². The summed E-state index contributed by atoms with van der Waals surface area (Å²) in [5.41, 5.74) is -3.31. The van der Waals surface area contributed by atoms with E-state index in [-0.39, 0.29) is 33.8 Å². The Morgan fingerprint density at radius 1 is 1.25 bits per heavy atom. The van der Waals surface area contributed by atoms with Crippen molar-refractivity contribution in [3.63, 3.8) is 0 Å². The third kappa shape index (κ3) is 4.36. The highest BCUT2D eigenvalue weighted by atomic mass is 32.2. The minimum Gasteiger partial charge on any atom is -0.506 e. The van der Waals surface area contributed by atoms with E-state index in [1.54, 1.807) is 12.1 Å². The fourth-order valence-electron chi connectivity index (χ4n) is 2.75. The number of phenolic OH excluding ortho intramolecular Hbond substituents is 1. The highest BCUT2D eigenvalue weighted by Gasteiger charge is 2.29. The molecule has 0 aliphatic carbocycles. The number of hydrogen-bond donors (Lipinski definition) is 3. The molecule has 0 aliphatic heterocycles. The van der Waals surface area contributed by atoms with Crippen molar-refractivity contribution in [3.8, 4) is 5.75 Å². The average molecular weight is 424 g/mol. The number of nitrogens with one attached hydrogen (secondary N) is 1. The molecule has 2 N–H and O–H groups in total. The number of halogens is 3. The van der Waals surface area contributed by atoms with Gasteiger partial charge in [-0.2, -0.15) is 13.2 Å². The fourth-order valence-corrected chi connectivity index (χ4v) is 3.78. The van der Waals surface area contributed by atoms with Crippen LogP contribution >= 0.6 is 24.4 Å². The number of rotatable bonds is 4. The summed E-state index contributed by atoms with van der Waals surface area (Å²) in [5, 5.41) is 13.2. The van der Waals surface area contributed by atoms with Crippen LogP contribution in [0.1, 0.15) is 23.0 Å². The minimum atomic E-state index is -4.48. The van der Waals surface area contributed by atoms with Gasteiger partial charge in [-0.25, -0.2) is 4.98 Å². The zero-order valence-corrected chi connectivity index (χ0v) is 16.3. The first-order valence-corrected chi connectivity index (χ1v) is 9.46. The normalized spacial score (nSPS) is 11.6. The smallest absolute Gasteiger partial charge is 0.446 e. The zero-order chi connectivity index (χ0) is 20.5. The second-order valence-electron chi connectivity index (χ2n) is 5.84. The molecule has 0 fully saturated rings. The Labute approximate surface area is 168 Å². The molecule has 0 atom stereocenters. The molecule has 4 nitrogen and oxygen atoms in total. The summed E-state index contributed by atoms with van der Waals surface area (Å²) in [6, 6.07) is 10.5. The number of carbonyl (C=O) groups is 1. The second kappa shape index (κ2) is 7.92. The lowest BCUT2D eigenvalue weighted by Crippen LogP contribution is -2.17. The molecule has 9 heteroatoms. The first-order valence-electron chi connectivity index (χ1n) is 8.20. The van der Waals surface area contributed by atoms with Crippen LogP contribution < -0.4 is 5.32 Å². The van der Waals surface area contributed by atoms with Gasteiger partial charge in [0, 0.05) is 15.2 Å². The van der Waals surface area contributed by atoms with Crippen molar-refractivity contribution >= 4 is 46.9 Å². The molecule has 1 amide bonds. The first kappa shape index (κ1) is 20.3. The van der Waals surface area contributed by atoms with Gasteiger partial charge in [0.1, 0.15) is 11.4 Å². The number of phenols is 1. The van der Waals surface area contributed by atoms with Crippen LogP contribution in [0, 0.1) is 0 Å². The summed E-state index contributed by atoms with van der Waals surface area (Å²) in [5.74, 6) is -0.979. The van der Waals surface area contributed by atoms with Crippen molar-refractivity contribution < 1.29 is 23.1 Å². The highest BCUT2D eigenvalue weighted by Crippen LogP contribution is 2.39. The first-order chi connectivity index (χ1) is 13.2. The van der Waals surface area contributed by atoms with Crippen molar-refractivity contribution in [2.24, 2.45) is 0 Å².